The molecule has 21 heavy (non-hydrogen) atoms. The molecular weight excluding hydrogens is 367 g/mol. The molecule has 6 heteroatoms. The smallest absolute Gasteiger partial charge is 0.142 e. The molecule has 112 valence electrons. The summed E-state index contributed by atoms with van der Waals surface area (Å²) in [5.74, 6) is -1.76. The van der Waals surface area contributed by atoms with Crippen molar-refractivity contribution in [3.05, 3.63) is 68.4 Å². The summed E-state index contributed by atoms with van der Waals surface area (Å²) in [6.45, 7) is 2.33. The topological polar surface area (TPSA) is 12.0 Å². The average molecular weight is 379 g/mol. The van der Waals surface area contributed by atoms with Crippen LogP contribution in [0, 0.1) is 17.5 Å². The summed E-state index contributed by atoms with van der Waals surface area (Å²) in [5.41, 5.74) is 0.582. The molecule has 0 aliphatic heterocycles. The van der Waals surface area contributed by atoms with Crippen LogP contribution in [0.5, 0.6) is 0 Å². The van der Waals surface area contributed by atoms with Crippen molar-refractivity contribution in [1.29, 1.82) is 0 Å². The molecule has 1 atom stereocenters. The van der Waals surface area contributed by atoms with Crippen LogP contribution in [0.2, 0.25) is 5.02 Å². The molecule has 0 amide bonds. The van der Waals surface area contributed by atoms with Gasteiger partial charge in [0.2, 0.25) is 0 Å². The van der Waals surface area contributed by atoms with E-state index in [1.165, 1.54) is 12.1 Å². The van der Waals surface area contributed by atoms with Gasteiger partial charge in [0, 0.05) is 5.56 Å². The van der Waals surface area contributed by atoms with Crippen molar-refractivity contribution in [3.8, 4) is 0 Å². The first kappa shape index (κ1) is 16.3. The lowest BCUT2D eigenvalue weighted by Crippen LogP contribution is -2.23. The van der Waals surface area contributed by atoms with Crippen LogP contribution in [0.15, 0.2) is 34.8 Å². The van der Waals surface area contributed by atoms with Crippen LogP contribution in [0.1, 0.15) is 24.1 Å². The summed E-state index contributed by atoms with van der Waals surface area (Å²) in [6, 6.07) is 5.68. The molecule has 2 aromatic rings. The van der Waals surface area contributed by atoms with Gasteiger partial charge in [-0.2, -0.15) is 0 Å². The van der Waals surface area contributed by atoms with Crippen LogP contribution < -0.4 is 5.32 Å². The Labute approximate surface area is 134 Å². The second kappa shape index (κ2) is 6.81. The van der Waals surface area contributed by atoms with E-state index in [1.807, 2.05) is 6.92 Å². The summed E-state index contributed by atoms with van der Waals surface area (Å²) in [5, 5.41) is 3.00. The second-order valence-corrected chi connectivity index (χ2v) is 5.71. The number of hydrogen-bond donors (Lipinski definition) is 1. The SMILES string of the molecule is CCNC(c1ccc(Cl)c(F)c1)c1cc(F)c(Br)cc1F. The van der Waals surface area contributed by atoms with Crippen LogP contribution in [0.4, 0.5) is 13.2 Å². The molecule has 0 aliphatic rings. The van der Waals surface area contributed by atoms with Gasteiger partial charge in [0.1, 0.15) is 17.5 Å². The quantitative estimate of drug-likeness (QED) is 0.719. The van der Waals surface area contributed by atoms with Crippen molar-refractivity contribution >= 4 is 27.5 Å². The van der Waals surface area contributed by atoms with Crippen LogP contribution in [-0.2, 0) is 0 Å². The lowest BCUT2D eigenvalue weighted by molar-refractivity contribution is 0.539. The van der Waals surface area contributed by atoms with Gasteiger partial charge in [-0.15, -0.1) is 0 Å². The fourth-order valence-corrected chi connectivity index (χ4v) is 2.50. The van der Waals surface area contributed by atoms with Gasteiger partial charge in [-0.3, -0.25) is 0 Å². The van der Waals surface area contributed by atoms with Gasteiger partial charge < -0.3 is 5.32 Å². The minimum absolute atomic E-state index is 0.0172. The maximum atomic E-state index is 14.1. The van der Waals surface area contributed by atoms with Crippen molar-refractivity contribution in [2.45, 2.75) is 13.0 Å². The Morgan fingerprint density at radius 1 is 1.10 bits per heavy atom. The Kier molecular flexibility index (Phi) is 5.30. The number of nitrogens with one attached hydrogen (secondary N) is 1. The third kappa shape index (κ3) is 3.59. The van der Waals surface area contributed by atoms with Crippen molar-refractivity contribution < 1.29 is 13.2 Å². The van der Waals surface area contributed by atoms with Gasteiger partial charge in [-0.05, 0) is 52.3 Å². The monoisotopic (exact) mass is 377 g/mol. The van der Waals surface area contributed by atoms with Gasteiger partial charge in [0.15, 0.2) is 0 Å². The molecule has 1 unspecified atom stereocenters. The summed E-state index contributed by atoms with van der Waals surface area (Å²) in [6.07, 6.45) is 0. The van der Waals surface area contributed by atoms with Crippen molar-refractivity contribution in [1.82, 2.24) is 5.32 Å². The summed E-state index contributed by atoms with van der Waals surface area (Å²) in [4.78, 5) is 0. The number of benzene rings is 2. The van der Waals surface area contributed by atoms with E-state index >= 15 is 0 Å². The standard InChI is InChI=1S/C15H12BrClF3N/c1-2-21-15(8-3-4-11(17)14(20)5-8)9-6-13(19)10(16)7-12(9)18/h3-7,15,21H,2H2,1H3. The highest BCUT2D eigenvalue weighted by Crippen LogP contribution is 2.30. The highest BCUT2D eigenvalue weighted by molar-refractivity contribution is 9.10. The zero-order chi connectivity index (χ0) is 15.6. The highest BCUT2D eigenvalue weighted by Gasteiger charge is 2.20. The highest BCUT2D eigenvalue weighted by atomic mass is 79.9. The first-order valence-electron chi connectivity index (χ1n) is 6.26. The van der Waals surface area contributed by atoms with E-state index in [4.69, 9.17) is 11.6 Å². The van der Waals surface area contributed by atoms with Gasteiger partial charge in [-0.25, -0.2) is 13.2 Å². The van der Waals surface area contributed by atoms with Gasteiger partial charge in [0.25, 0.3) is 0 Å². The molecule has 1 N–H and O–H groups in total. The van der Waals surface area contributed by atoms with Gasteiger partial charge >= 0.3 is 0 Å². The van der Waals surface area contributed by atoms with Crippen molar-refractivity contribution in [3.63, 3.8) is 0 Å². The maximum Gasteiger partial charge on any atom is 0.142 e. The molecule has 0 fully saturated rings. The Morgan fingerprint density at radius 3 is 2.43 bits per heavy atom. The van der Waals surface area contributed by atoms with Crippen LogP contribution in [0.25, 0.3) is 0 Å². The molecule has 0 heterocycles. The predicted octanol–water partition coefficient (Wildman–Crippen LogP) is 5.22. The zero-order valence-corrected chi connectivity index (χ0v) is 13.4. The number of halogens is 5. The Bertz CT molecular complexity index is 664. The molecule has 0 aromatic heterocycles. The van der Waals surface area contributed by atoms with E-state index in [1.54, 1.807) is 6.07 Å². The van der Waals surface area contributed by atoms with E-state index in [-0.39, 0.29) is 15.1 Å². The molecule has 2 aromatic carbocycles. The molecule has 2 rings (SSSR count). The second-order valence-electron chi connectivity index (χ2n) is 4.45. The van der Waals surface area contributed by atoms with Gasteiger partial charge in [0.05, 0.1) is 15.5 Å². The lowest BCUT2D eigenvalue weighted by atomic mass is 9.98. The number of rotatable bonds is 4. The Balaban J connectivity index is 2.52. The minimum Gasteiger partial charge on any atom is -0.306 e. The molecular formula is C15H12BrClF3N. The molecule has 1 nitrogen and oxygen atoms in total. The summed E-state index contributed by atoms with van der Waals surface area (Å²) >= 11 is 8.58. The molecule has 0 saturated carbocycles. The fraction of sp³-hybridized carbons (Fsp3) is 0.200. The molecule has 0 saturated heterocycles. The fourth-order valence-electron chi connectivity index (χ4n) is 2.06. The van der Waals surface area contributed by atoms with Crippen LogP contribution >= 0.6 is 27.5 Å². The molecule has 0 spiro atoms. The van der Waals surface area contributed by atoms with E-state index < -0.39 is 23.5 Å². The number of hydrogen-bond acceptors (Lipinski definition) is 1. The van der Waals surface area contributed by atoms with Crippen molar-refractivity contribution in [2.75, 3.05) is 6.54 Å². The largest absolute Gasteiger partial charge is 0.306 e. The normalized spacial score (nSPS) is 12.5. The maximum absolute atomic E-state index is 14.1. The van der Waals surface area contributed by atoms with E-state index in [9.17, 15) is 13.2 Å². The Hall–Kier alpha value is -1.04. The lowest BCUT2D eigenvalue weighted by Gasteiger charge is -2.20. The summed E-state index contributed by atoms with van der Waals surface area (Å²) < 4.78 is 41.4. The third-order valence-corrected chi connectivity index (χ3v) is 3.95. The Morgan fingerprint density at radius 2 is 1.81 bits per heavy atom. The van der Waals surface area contributed by atoms with E-state index in [2.05, 4.69) is 21.2 Å². The molecule has 0 aliphatic carbocycles. The summed E-state index contributed by atoms with van der Waals surface area (Å²) in [7, 11) is 0. The first-order chi connectivity index (χ1) is 9.93. The van der Waals surface area contributed by atoms with Crippen LogP contribution in [0.3, 0.4) is 0 Å². The molecule has 0 radical (unpaired) electrons. The first-order valence-corrected chi connectivity index (χ1v) is 7.44. The average Bonchev–Trinajstić information content (AvgIpc) is 2.44. The van der Waals surface area contributed by atoms with E-state index in [0.29, 0.717) is 12.1 Å². The third-order valence-electron chi connectivity index (χ3n) is 3.04. The minimum atomic E-state index is -0.663. The van der Waals surface area contributed by atoms with Crippen molar-refractivity contribution in [2.24, 2.45) is 0 Å². The molecule has 0 bridgehead atoms. The predicted molar refractivity (Wildman–Crippen MR) is 81.0 cm³/mol. The van der Waals surface area contributed by atoms with Gasteiger partial charge in [-0.1, -0.05) is 24.6 Å². The van der Waals surface area contributed by atoms with E-state index in [0.717, 1.165) is 12.1 Å². The van der Waals surface area contributed by atoms with Crippen LogP contribution in [-0.4, -0.2) is 6.54 Å². The zero-order valence-electron chi connectivity index (χ0n) is 11.1.